The first-order valence-electron chi connectivity index (χ1n) is 11.2. The van der Waals surface area contributed by atoms with Crippen molar-refractivity contribution in [2.75, 3.05) is 18.4 Å². The molecule has 1 aromatic rings. The first kappa shape index (κ1) is 21.3. The zero-order valence-corrected chi connectivity index (χ0v) is 18.2. The van der Waals surface area contributed by atoms with Crippen molar-refractivity contribution in [1.82, 2.24) is 9.62 Å². The van der Waals surface area contributed by atoms with Gasteiger partial charge in [0.15, 0.2) is 0 Å². The number of hydrogen-bond donors (Lipinski definition) is 2. The predicted octanol–water partition coefficient (Wildman–Crippen LogP) is 2.81. The fourth-order valence-electron chi connectivity index (χ4n) is 4.80. The van der Waals surface area contributed by atoms with E-state index in [0.29, 0.717) is 37.9 Å². The van der Waals surface area contributed by atoms with Crippen LogP contribution in [0.25, 0.3) is 0 Å². The van der Waals surface area contributed by atoms with Gasteiger partial charge in [-0.1, -0.05) is 19.3 Å². The highest BCUT2D eigenvalue weighted by atomic mass is 32.2. The number of piperidine rings is 1. The first-order chi connectivity index (χ1) is 14.4. The molecule has 2 N–H and O–H groups in total. The second-order valence-corrected chi connectivity index (χ2v) is 10.7. The summed E-state index contributed by atoms with van der Waals surface area (Å²) in [7, 11) is -3.68. The smallest absolute Gasteiger partial charge is 0.243 e. The molecule has 1 aliphatic carbocycles. The largest absolute Gasteiger partial charge is 0.353 e. The molecule has 2 amide bonds. The first-order valence-corrected chi connectivity index (χ1v) is 12.6. The number of hydrogen-bond acceptors (Lipinski definition) is 4. The number of aryl methyl sites for hydroxylation is 1. The van der Waals surface area contributed by atoms with Crippen molar-refractivity contribution in [3.05, 3.63) is 23.8 Å². The third kappa shape index (κ3) is 4.70. The number of nitrogens with zero attached hydrogens (tertiary/aromatic N) is 1. The van der Waals surface area contributed by atoms with Gasteiger partial charge in [-0.15, -0.1) is 0 Å². The molecule has 2 heterocycles. The quantitative estimate of drug-likeness (QED) is 0.763. The summed E-state index contributed by atoms with van der Waals surface area (Å²) < 4.78 is 28.0. The van der Waals surface area contributed by atoms with Crippen LogP contribution in [0.5, 0.6) is 0 Å². The summed E-state index contributed by atoms with van der Waals surface area (Å²) in [5, 5.41) is 5.99. The zero-order chi connectivity index (χ0) is 21.1. The molecule has 1 atom stereocenters. The molecule has 164 valence electrons. The van der Waals surface area contributed by atoms with Gasteiger partial charge in [0.2, 0.25) is 21.8 Å². The van der Waals surface area contributed by atoms with Crippen molar-refractivity contribution < 1.29 is 18.0 Å². The van der Waals surface area contributed by atoms with Gasteiger partial charge >= 0.3 is 0 Å². The van der Waals surface area contributed by atoms with E-state index < -0.39 is 10.0 Å². The third-order valence-electron chi connectivity index (χ3n) is 6.54. The molecular formula is C22H31N3O4S. The molecule has 3 aliphatic rings. The Labute approximate surface area is 178 Å². The molecule has 1 aromatic carbocycles. The number of sulfonamides is 1. The number of amides is 2. The summed E-state index contributed by atoms with van der Waals surface area (Å²) in [6, 6.07) is 5.16. The van der Waals surface area contributed by atoms with Crippen LogP contribution < -0.4 is 10.6 Å². The van der Waals surface area contributed by atoms with Crippen LogP contribution in [0, 0.1) is 5.92 Å². The maximum atomic E-state index is 13.3. The second kappa shape index (κ2) is 9.06. The van der Waals surface area contributed by atoms with Crippen LogP contribution in [0.1, 0.15) is 63.4 Å². The van der Waals surface area contributed by atoms with Gasteiger partial charge in [0.1, 0.15) is 0 Å². The Balaban J connectivity index is 1.46. The SMILES string of the molecule is O=C1CCCc2cc(S(=O)(=O)N3CCC[C@@H](C(=O)NC4CCCCC4)C3)ccc2N1. The van der Waals surface area contributed by atoms with Crippen molar-refractivity contribution in [1.29, 1.82) is 0 Å². The molecule has 2 aliphatic heterocycles. The van der Waals surface area contributed by atoms with Gasteiger partial charge in [-0.2, -0.15) is 4.31 Å². The number of anilines is 1. The lowest BCUT2D eigenvalue weighted by Crippen LogP contribution is -2.47. The van der Waals surface area contributed by atoms with E-state index in [1.165, 1.54) is 10.7 Å². The van der Waals surface area contributed by atoms with Gasteiger partial charge in [0, 0.05) is 31.2 Å². The van der Waals surface area contributed by atoms with E-state index in [2.05, 4.69) is 10.6 Å². The lowest BCUT2D eigenvalue weighted by Gasteiger charge is -2.33. The lowest BCUT2D eigenvalue weighted by atomic mass is 9.93. The van der Waals surface area contributed by atoms with Crippen molar-refractivity contribution >= 4 is 27.5 Å². The molecule has 30 heavy (non-hydrogen) atoms. The normalized spacial score (nSPS) is 23.9. The predicted molar refractivity (Wildman–Crippen MR) is 115 cm³/mol. The molecule has 0 unspecified atom stereocenters. The average Bonchev–Trinajstić information content (AvgIpc) is 2.94. The van der Waals surface area contributed by atoms with Crippen LogP contribution in [0.4, 0.5) is 5.69 Å². The molecule has 2 fully saturated rings. The number of carbonyl (C=O) groups excluding carboxylic acids is 2. The Morgan fingerprint density at radius 3 is 2.63 bits per heavy atom. The Morgan fingerprint density at radius 2 is 1.83 bits per heavy atom. The fraction of sp³-hybridized carbons (Fsp3) is 0.636. The van der Waals surface area contributed by atoms with Crippen molar-refractivity contribution in [3.63, 3.8) is 0 Å². The van der Waals surface area contributed by atoms with Crippen LogP contribution >= 0.6 is 0 Å². The number of benzene rings is 1. The molecule has 0 bridgehead atoms. The van der Waals surface area contributed by atoms with E-state index in [9.17, 15) is 18.0 Å². The Morgan fingerprint density at radius 1 is 1.03 bits per heavy atom. The topological polar surface area (TPSA) is 95.6 Å². The minimum Gasteiger partial charge on any atom is -0.353 e. The monoisotopic (exact) mass is 433 g/mol. The second-order valence-electron chi connectivity index (χ2n) is 8.77. The molecule has 8 heteroatoms. The summed E-state index contributed by atoms with van der Waals surface area (Å²) in [6.07, 6.45) is 8.79. The molecule has 0 aromatic heterocycles. The highest BCUT2D eigenvalue weighted by Crippen LogP contribution is 2.29. The van der Waals surface area contributed by atoms with Gasteiger partial charge in [0.05, 0.1) is 10.8 Å². The van der Waals surface area contributed by atoms with Gasteiger partial charge in [-0.3, -0.25) is 9.59 Å². The van der Waals surface area contributed by atoms with Crippen LogP contribution in [0.3, 0.4) is 0 Å². The van der Waals surface area contributed by atoms with E-state index in [-0.39, 0.29) is 35.2 Å². The molecule has 0 spiro atoms. The van der Waals surface area contributed by atoms with E-state index in [1.807, 2.05) is 0 Å². The number of carbonyl (C=O) groups is 2. The molecule has 7 nitrogen and oxygen atoms in total. The number of fused-ring (bicyclic) bond motifs is 1. The van der Waals surface area contributed by atoms with Crippen LogP contribution in [0.2, 0.25) is 0 Å². The van der Waals surface area contributed by atoms with Gasteiger partial charge < -0.3 is 10.6 Å². The van der Waals surface area contributed by atoms with Crippen molar-refractivity contribution in [2.45, 2.75) is 75.1 Å². The van der Waals surface area contributed by atoms with Gasteiger partial charge in [0.25, 0.3) is 0 Å². The van der Waals surface area contributed by atoms with Crippen LogP contribution in [0.15, 0.2) is 23.1 Å². The van der Waals surface area contributed by atoms with Crippen LogP contribution in [-0.2, 0) is 26.0 Å². The van der Waals surface area contributed by atoms with E-state index in [0.717, 1.165) is 37.7 Å². The summed E-state index contributed by atoms with van der Waals surface area (Å²) in [5.74, 6) is -0.339. The van der Waals surface area contributed by atoms with Crippen molar-refractivity contribution in [3.8, 4) is 0 Å². The Kier molecular flexibility index (Phi) is 6.43. The lowest BCUT2D eigenvalue weighted by molar-refractivity contribution is -0.127. The molecule has 0 radical (unpaired) electrons. The average molecular weight is 434 g/mol. The summed E-state index contributed by atoms with van der Waals surface area (Å²) in [6.45, 7) is 0.665. The highest BCUT2D eigenvalue weighted by Gasteiger charge is 2.34. The highest BCUT2D eigenvalue weighted by molar-refractivity contribution is 7.89. The maximum absolute atomic E-state index is 13.3. The van der Waals surface area contributed by atoms with E-state index in [4.69, 9.17) is 0 Å². The van der Waals surface area contributed by atoms with Gasteiger partial charge in [-0.05, 0) is 62.3 Å². The molecule has 1 saturated heterocycles. The number of rotatable bonds is 4. The fourth-order valence-corrected chi connectivity index (χ4v) is 6.38. The minimum atomic E-state index is -3.68. The minimum absolute atomic E-state index is 0.00793. The number of nitrogens with one attached hydrogen (secondary N) is 2. The van der Waals surface area contributed by atoms with E-state index >= 15 is 0 Å². The summed E-state index contributed by atoms with van der Waals surface area (Å²) >= 11 is 0. The van der Waals surface area contributed by atoms with E-state index in [1.54, 1.807) is 18.2 Å². The zero-order valence-electron chi connectivity index (χ0n) is 17.4. The molecular weight excluding hydrogens is 402 g/mol. The summed E-state index contributed by atoms with van der Waals surface area (Å²) in [5.41, 5.74) is 1.55. The third-order valence-corrected chi connectivity index (χ3v) is 8.41. The molecule has 4 rings (SSSR count). The summed E-state index contributed by atoms with van der Waals surface area (Å²) in [4.78, 5) is 24.7. The molecule has 1 saturated carbocycles. The Hall–Kier alpha value is -1.93. The van der Waals surface area contributed by atoms with Gasteiger partial charge in [-0.25, -0.2) is 8.42 Å². The van der Waals surface area contributed by atoms with Crippen LogP contribution in [-0.4, -0.2) is 43.7 Å². The maximum Gasteiger partial charge on any atom is 0.243 e. The Bertz CT molecular complexity index is 909. The van der Waals surface area contributed by atoms with Crippen molar-refractivity contribution in [2.24, 2.45) is 5.92 Å². The standard InChI is InChI=1S/C22H31N3O4S/c26-21-10-4-6-16-14-19(11-12-20(16)24-21)30(28,29)25-13-5-7-17(15-25)22(27)23-18-8-2-1-3-9-18/h11-12,14,17-18H,1-10,13,15H2,(H,23,27)(H,24,26)/t17-/m1/s1.